The second-order valence-corrected chi connectivity index (χ2v) is 7.75. The molecule has 2 aromatic carbocycles. The summed E-state index contributed by atoms with van der Waals surface area (Å²) in [6.07, 6.45) is 0. The Labute approximate surface area is 170 Å². The number of H-pyrrole nitrogens is 1. The highest BCUT2D eigenvalue weighted by Gasteiger charge is 2.19. The molecule has 2 N–H and O–H groups in total. The number of nitrogens with one attached hydrogen (secondary N) is 2. The van der Waals surface area contributed by atoms with Crippen LogP contribution < -0.4 is 10.1 Å². The number of hydrogen-bond acceptors (Lipinski definition) is 5. The third-order valence-corrected chi connectivity index (χ3v) is 5.10. The third kappa shape index (κ3) is 4.94. The van der Waals surface area contributed by atoms with E-state index < -0.39 is 5.25 Å². The van der Waals surface area contributed by atoms with Gasteiger partial charge in [-0.05, 0) is 49.4 Å². The van der Waals surface area contributed by atoms with E-state index in [0.717, 1.165) is 5.56 Å². The predicted octanol–water partition coefficient (Wildman–Crippen LogP) is 4.91. The zero-order chi connectivity index (χ0) is 19.4. The van der Waals surface area contributed by atoms with Crippen LogP contribution in [0.3, 0.4) is 0 Å². The summed E-state index contributed by atoms with van der Waals surface area (Å²) in [7, 11) is 1.53. The maximum Gasteiger partial charge on any atom is 0.237 e. The maximum absolute atomic E-state index is 12.5. The number of amides is 1. The van der Waals surface area contributed by atoms with Gasteiger partial charge >= 0.3 is 0 Å². The maximum atomic E-state index is 12.5. The average molecular weight is 423 g/mol. The van der Waals surface area contributed by atoms with Gasteiger partial charge in [0.05, 0.1) is 18.0 Å². The van der Waals surface area contributed by atoms with Gasteiger partial charge in [-0.3, -0.25) is 9.89 Å². The fraction of sp³-hybridized carbons (Fsp3) is 0.167. The zero-order valence-electron chi connectivity index (χ0n) is 14.5. The minimum Gasteiger partial charge on any atom is -0.495 e. The normalized spacial score (nSPS) is 11.9. The van der Waals surface area contributed by atoms with Crippen molar-refractivity contribution in [3.63, 3.8) is 0 Å². The number of aromatic nitrogens is 3. The molecule has 0 spiro atoms. The Bertz CT molecular complexity index is 947. The minimum absolute atomic E-state index is 0.210. The number of hydrogen-bond donors (Lipinski definition) is 2. The summed E-state index contributed by atoms with van der Waals surface area (Å²) < 4.78 is 5.24. The second kappa shape index (κ2) is 8.65. The van der Waals surface area contributed by atoms with Crippen LogP contribution in [0, 0.1) is 0 Å². The largest absolute Gasteiger partial charge is 0.495 e. The molecular formula is C18H16Cl2N4O2S. The first-order chi connectivity index (χ1) is 13.0. The Morgan fingerprint density at radius 3 is 2.59 bits per heavy atom. The summed E-state index contributed by atoms with van der Waals surface area (Å²) in [4.78, 5) is 16.9. The van der Waals surface area contributed by atoms with Crippen LogP contribution in [0.25, 0.3) is 11.4 Å². The predicted molar refractivity (Wildman–Crippen MR) is 109 cm³/mol. The second-order valence-electron chi connectivity index (χ2n) is 5.57. The smallest absolute Gasteiger partial charge is 0.237 e. The highest BCUT2D eigenvalue weighted by molar-refractivity contribution is 8.00. The van der Waals surface area contributed by atoms with Gasteiger partial charge in [0.1, 0.15) is 5.75 Å². The lowest BCUT2D eigenvalue weighted by Crippen LogP contribution is -2.22. The molecule has 140 valence electrons. The fourth-order valence-electron chi connectivity index (χ4n) is 2.26. The van der Waals surface area contributed by atoms with E-state index in [-0.39, 0.29) is 5.91 Å². The molecule has 3 aromatic rings. The van der Waals surface area contributed by atoms with E-state index in [1.54, 1.807) is 37.3 Å². The van der Waals surface area contributed by atoms with E-state index in [2.05, 4.69) is 20.5 Å². The van der Waals surface area contributed by atoms with Crippen molar-refractivity contribution in [1.29, 1.82) is 0 Å². The van der Waals surface area contributed by atoms with E-state index >= 15 is 0 Å². The first-order valence-electron chi connectivity index (χ1n) is 7.95. The number of halogens is 2. The molecule has 1 amide bonds. The summed E-state index contributed by atoms with van der Waals surface area (Å²) in [5.41, 5.74) is 1.37. The van der Waals surface area contributed by atoms with Crippen molar-refractivity contribution in [2.45, 2.75) is 17.3 Å². The van der Waals surface area contributed by atoms with Crippen LogP contribution in [0.5, 0.6) is 5.75 Å². The van der Waals surface area contributed by atoms with Crippen molar-refractivity contribution in [3.8, 4) is 17.1 Å². The summed E-state index contributed by atoms with van der Waals surface area (Å²) in [5.74, 6) is 0.935. The van der Waals surface area contributed by atoms with Crippen molar-refractivity contribution in [1.82, 2.24) is 15.2 Å². The van der Waals surface area contributed by atoms with Crippen LogP contribution in [0.4, 0.5) is 5.69 Å². The van der Waals surface area contributed by atoms with E-state index in [9.17, 15) is 4.79 Å². The molecule has 0 radical (unpaired) electrons. The van der Waals surface area contributed by atoms with Gasteiger partial charge in [0.2, 0.25) is 11.1 Å². The fourth-order valence-corrected chi connectivity index (χ4v) is 3.28. The Morgan fingerprint density at radius 2 is 1.89 bits per heavy atom. The first kappa shape index (κ1) is 19.5. The molecule has 1 atom stereocenters. The third-order valence-electron chi connectivity index (χ3n) is 3.65. The van der Waals surface area contributed by atoms with E-state index in [4.69, 9.17) is 27.9 Å². The quantitative estimate of drug-likeness (QED) is 0.551. The molecule has 1 heterocycles. The van der Waals surface area contributed by atoms with Gasteiger partial charge in [-0.2, -0.15) is 0 Å². The number of carbonyl (C=O) groups excluding carboxylic acids is 1. The Balaban J connectivity index is 1.67. The van der Waals surface area contributed by atoms with E-state index in [0.29, 0.717) is 32.5 Å². The molecule has 1 aromatic heterocycles. The number of thioether (sulfide) groups is 1. The summed E-state index contributed by atoms with van der Waals surface area (Å²) in [6, 6.07) is 12.3. The lowest BCUT2D eigenvalue weighted by Gasteiger charge is -2.13. The molecule has 0 aliphatic carbocycles. The molecule has 6 nitrogen and oxygen atoms in total. The minimum atomic E-state index is -0.428. The van der Waals surface area contributed by atoms with Crippen LogP contribution in [0.1, 0.15) is 6.92 Å². The Hall–Kier alpha value is -2.22. The molecule has 0 fully saturated rings. The lowest BCUT2D eigenvalue weighted by molar-refractivity contribution is -0.115. The molecule has 0 bridgehead atoms. The van der Waals surface area contributed by atoms with Crippen LogP contribution in [0.15, 0.2) is 47.6 Å². The van der Waals surface area contributed by atoms with Gasteiger partial charge in [0, 0.05) is 15.6 Å². The molecule has 27 heavy (non-hydrogen) atoms. The number of methoxy groups -OCH3 is 1. The Kier molecular flexibility index (Phi) is 6.26. The van der Waals surface area contributed by atoms with Gasteiger partial charge in [-0.1, -0.05) is 35.0 Å². The van der Waals surface area contributed by atoms with Gasteiger partial charge in [0.25, 0.3) is 0 Å². The summed E-state index contributed by atoms with van der Waals surface area (Å²) >= 11 is 13.1. The SMILES string of the molecule is COc1ccc(Cl)cc1NC(=O)C(C)Sc1n[nH]c(-c2ccc(Cl)cc2)n1. The van der Waals surface area contributed by atoms with Crippen LogP contribution in [-0.4, -0.2) is 33.4 Å². The molecule has 3 rings (SSSR count). The lowest BCUT2D eigenvalue weighted by atomic mass is 10.2. The van der Waals surface area contributed by atoms with Crippen molar-refractivity contribution in [2.24, 2.45) is 0 Å². The van der Waals surface area contributed by atoms with Crippen molar-refractivity contribution >= 4 is 46.6 Å². The molecule has 0 saturated carbocycles. The monoisotopic (exact) mass is 422 g/mol. The van der Waals surface area contributed by atoms with Gasteiger partial charge in [-0.15, -0.1) is 5.10 Å². The van der Waals surface area contributed by atoms with Crippen molar-refractivity contribution in [3.05, 3.63) is 52.5 Å². The zero-order valence-corrected chi connectivity index (χ0v) is 16.8. The highest BCUT2D eigenvalue weighted by atomic mass is 35.5. The number of nitrogens with zero attached hydrogens (tertiary/aromatic N) is 2. The van der Waals surface area contributed by atoms with Crippen LogP contribution >= 0.6 is 35.0 Å². The van der Waals surface area contributed by atoms with Crippen molar-refractivity contribution in [2.75, 3.05) is 12.4 Å². The first-order valence-corrected chi connectivity index (χ1v) is 9.59. The molecule has 0 aliphatic heterocycles. The van der Waals surface area contributed by atoms with Gasteiger partial charge in [0.15, 0.2) is 5.82 Å². The van der Waals surface area contributed by atoms with Gasteiger partial charge < -0.3 is 10.1 Å². The number of benzene rings is 2. The number of aromatic amines is 1. The van der Waals surface area contributed by atoms with Crippen LogP contribution in [-0.2, 0) is 4.79 Å². The summed E-state index contributed by atoms with van der Waals surface area (Å²) in [6.45, 7) is 1.77. The number of ether oxygens (including phenoxy) is 1. The van der Waals surface area contributed by atoms with E-state index in [1.807, 2.05) is 12.1 Å². The van der Waals surface area contributed by atoms with Crippen molar-refractivity contribution < 1.29 is 9.53 Å². The molecule has 0 aliphatic rings. The molecular weight excluding hydrogens is 407 g/mol. The van der Waals surface area contributed by atoms with Gasteiger partial charge in [-0.25, -0.2) is 4.98 Å². The molecule has 0 saturated heterocycles. The molecule has 1 unspecified atom stereocenters. The number of rotatable bonds is 6. The average Bonchev–Trinajstić information content (AvgIpc) is 3.11. The Morgan fingerprint density at radius 1 is 1.19 bits per heavy atom. The standard InChI is InChI=1S/C18H16Cl2N4O2S/c1-10(17(25)21-14-9-13(20)7-8-15(14)26-2)27-18-22-16(23-24-18)11-3-5-12(19)6-4-11/h3-10H,1-2H3,(H,21,25)(H,22,23,24). The number of carbonyl (C=O) groups is 1. The highest BCUT2D eigenvalue weighted by Crippen LogP contribution is 2.29. The topological polar surface area (TPSA) is 79.9 Å². The van der Waals surface area contributed by atoms with E-state index in [1.165, 1.54) is 18.9 Å². The van der Waals surface area contributed by atoms with Crippen LogP contribution in [0.2, 0.25) is 10.0 Å². The summed E-state index contributed by atoms with van der Waals surface area (Å²) in [5, 5.41) is 11.0. The number of anilines is 1. The molecule has 9 heteroatoms.